The predicted molar refractivity (Wildman–Crippen MR) is 120 cm³/mol. The van der Waals surface area contributed by atoms with E-state index in [-0.39, 0.29) is 17.3 Å². The number of aryl methyl sites for hydroxylation is 2. The Morgan fingerprint density at radius 3 is 2.20 bits per heavy atom. The molecule has 156 valence electrons. The van der Waals surface area contributed by atoms with Gasteiger partial charge in [-0.25, -0.2) is 8.42 Å². The van der Waals surface area contributed by atoms with Crippen LogP contribution in [0.5, 0.6) is 0 Å². The van der Waals surface area contributed by atoms with Crippen molar-refractivity contribution >= 4 is 21.6 Å². The summed E-state index contributed by atoms with van der Waals surface area (Å²) in [6.07, 6.45) is 0. The van der Waals surface area contributed by atoms with E-state index in [2.05, 4.69) is 5.32 Å². The summed E-state index contributed by atoms with van der Waals surface area (Å²) in [5.74, 6) is -0.365. The number of carbonyl (C=O) groups excluding carboxylic acids is 1. The summed E-state index contributed by atoms with van der Waals surface area (Å²) in [5.41, 5.74) is 4.20. The highest BCUT2D eigenvalue weighted by atomic mass is 32.2. The molecule has 0 atom stereocenters. The number of rotatable bonds is 7. The predicted octanol–water partition coefficient (Wildman–Crippen LogP) is 4.12. The molecule has 0 aliphatic carbocycles. The monoisotopic (exact) mass is 422 g/mol. The van der Waals surface area contributed by atoms with E-state index in [4.69, 9.17) is 0 Å². The van der Waals surface area contributed by atoms with Crippen molar-refractivity contribution in [2.45, 2.75) is 32.2 Å². The van der Waals surface area contributed by atoms with E-state index >= 15 is 0 Å². The van der Waals surface area contributed by atoms with E-state index in [0.29, 0.717) is 12.2 Å². The Labute approximate surface area is 178 Å². The van der Waals surface area contributed by atoms with E-state index in [9.17, 15) is 13.2 Å². The molecule has 3 rings (SSSR count). The van der Waals surface area contributed by atoms with Crippen molar-refractivity contribution in [2.24, 2.45) is 0 Å². The molecule has 0 saturated heterocycles. The van der Waals surface area contributed by atoms with Crippen molar-refractivity contribution < 1.29 is 13.2 Å². The Morgan fingerprint density at radius 2 is 1.53 bits per heavy atom. The minimum atomic E-state index is -3.92. The van der Waals surface area contributed by atoms with Crippen LogP contribution in [0.15, 0.2) is 77.7 Å². The van der Waals surface area contributed by atoms with E-state index in [0.717, 1.165) is 22.3 Å². The molecule has 0 fully saturated rings. The third-order valence-electron chi connectivity index (χ3n) is 5.07. The molecule has 0 bridgehead atoms. The third-order valence-corrected chi connectivity index (χ3v) is 6.85. The average molecular weight is 423 g/mol. The second kappa shape index (κ2) is 9.13. The van der Waals surface area contributed by atoms with Crippen LogP contribution in [-0.2, 0) is 21.4 Å². The second-order valence-corrected chi connectivity index (χ2v) is 9.17. The average Bonchev–Trinajstić information content (AvgIpc) is 2.74. The van der Waals surface area contributed by atoms with Crippen LogP contribution in [0.2, 0.25) is 0 Å². The number of benzene rings is 3. The molecule has 0 aromatic heterocycles. The van der Waals surface area contributed by atoms with Gasteiger partial charge < -0.3 is 5.32 Å². The quantitative estimate of drug-likeness (QED) is 0.623. The Morgan fingerprint density at radius 1 is 0.867 bits per heavy atom. The Hall–Kier alpha value is -3.12. The Kier molecular flexibility index (Phi) is 6.57. The number of carbonyl (C=O) groups is 1. The SMILES string of the molecule is Cc1ccc(S(=O)(=O)N(CC(=O)NCc2ccccc2)c2cccc(C)c2C)cc1. The van der Waals surface area contributed by atoms with Gasteiger partial charge in [-0.2, -0.15) is 0 Å². The first-order valence-corrected chi connectivity index (χ1v) is 11.2. The summed E-state index contributed by atoms with van der Waals surface area (Å²) in [7, 11) is -3.92. The largest absolute Gasteiger partial charge is 0.350 e. The first-order chi connectivity index (χ1) is 14.3. The summed E-state index contributed by atoms with van der Waals surface area (Å²) < 4.78 is 28.1. The minimum absolute atomic E-state index is 0.157. The molecule has 0 heterocycles. The fourth-order valence-corrected chi connectivity index (χ4v) is 4.60. The maximum absolute atomic E-state index is 13.5. The molecule has 1 N–H and O–H groups in total. The van der Waals surface area contributed by atoms with Crippen LogP contribution in [-0.4, -0.2) is 20.9 Å². The van der Waals surface area contributed by atoms with Gasteiger partial charge in [0.1, 0.15) is 6.54 Å². The van der Waals surface area contributed by atoms with Gasteiger partial charge in [-0.3, -0.25) is 9.10 Å². The topological polar surface area (TPSA) is 66.5 Å². The molecule has 3 aromatic carbocycles. The molecule has 0 aliphatic heterocycles. The highest BCUT2D eigenvalue weighted by Crippen LogP contribution is 2.28. The van der Waals surface area contributed by atoms with Crippen LogP contribution in [0.1, 0.15) is 22.3 Å². The summed E-state index contributed by atoms with van der Waals surface area (Å²) in [5, 5.41) is 2.82. The van der Waals surface area contributed by atoms with Gasteiger partial charge in [0.15, 0.2) is 0 Å². The van der Waals surface area contributed by atoms with Crippen molar-refractivity contribution in [1.82, 2.24) is 5.32 Å². The van der Waals surface area contributed by atoms with Crippen LogP contribution < -0.4 is 9.62 Å². The van der Waals surface area contributed by atoms with Crippen LogP contribution in [0, 0.1) is 20.8 Å². The Bertz CT molecular complexity index is 1120. The fraction of sp³-hybridized carbons (Fsp3) is 0.208. The highest BCUT2D eigenvalue weighted by Gasteiger charge is 2.28. The van der Waals surface area contributed by atoms with Crippen molar-refractivity contribution in [3.05, 3.63) is 95.1 Å². The summed E-state index contributed by atoms with van der Waals surface area (Å²) in [4.78, 5) is 12.9. The zero-order valence-corrected chi connectivity index (χ0v) is 18.2. The van der Waals surface area contributed by atoms with Crippen molar-refractivity contribution in [3.8, 4) is 0 Å². The summed E-state index contributed by atoms with van der Waals surface area (Å²) in [6, 6.07) is 21.6. The molecule has 0 aliphatic rings. The first kappa shape index (κ1) is 21.6. The molecule has 3 aromatic rings. The lowest BCUT2D eigenvalue weighted by Gasteiger charge is -2.26. The molecule has 0 unspecified atom stereocenters. The van der Waals surface area contributed by atoms with Crippen LogP contribution in [0.25, 0.3) is 0 Å². The van der Waals surface area contributed by atoms with E-state index in [1.165, 1.54) is 4.31 Å². The van der Waals surface area contributed by atoms with E-state index in [1.807, 2.05) is 57.2 Å². The van der Waals surface area contributed by atoms with Gasteiger partial charge in [-0.15, -0.1) is 0 Å². The zero-order valence-electron chi connectivity index (χ0n) is 17.4. The van der Waals surface area contributed by atoms with Gasteiger partial charge in [0.2, 0.25) is 5.91 Å². The van der Waals surface area contributed by atoms with Gasteiger partial charge in [0.25, 0.3) is 10.0 Å². The lowest BCUT2D eigenvalue weighted by molar-refractivity contribution is -0.119. The normalized spacial score (nSPS) is 11.2. The van der Waals surface area contributed by atoms with Crippen LogP contribution >= 0.6 is 0 Å². The lowest BCUT2D eigenvalue weighted by atomic mass is 10.1. The molecule has 5 nitrogen and oxygen atoms in total. The number of hydrogen-bond donors (Lipinski definition) is 1. The number of hydrogen-bond acceptors (Lipinski definition) is 3. The molecule has 1 amide bonds. The van der Waals surface area contributed by atoms with Crippen molar-refractivity contribution in [1.29, 1.82) is 0 Å². The summed E-state index contributed by atoms with van der Waals surface area (Å²) >= 11 is 0. The molecule has 0 spiro atoms. The molecule has 30 heavy (non-hydrogen) atoms. The minimum Gasteiger partial charge on any atom is -0.350 e. The molecule has 0 saturated carbocycles. The number of nitrogens with one attached hydrogen (secondary N) is 1. The molecule has 0 radical (unpaired) electrons. The third kappa shape index (κ3) is 4.89. The Balaban J connectivity index is 1.92. The number of anilines is 1. The number of sulfonamides is 1. The maximum Gasteiger partial charge on any atom is 0.264 e. The van der Waals surface area contributed by atoms with Gasteiger partial charge in [0, 0.05) is 6.54 Å². The van der Waals surface area contributed by atoms with E-state index in [1.54, 1.807) is 36.4 Å². The van der Waals surface area contributed by atoms with E-state index < -0.39 is 10.0 Å². The number of amides is 1. The summed E-state index contributed by atoms with van der Waals surface area (Å²) in [6.45, 7) is 5.73. The standard InChI is InChI=1S/C24H26N2O3S/c1-18-12-14-22(15-13-18)30(28,29)26(23-11-7-8-19(2)20(23)3)17-24(27)25-16-21-9-5-4-6-10-21/h4-15H,16-17H2,1-3H3,(H,25,27). The van der Waals surface area contributed by atoms with Gasteiger partial charge in [0.05, 0.1) is 10.6 Å². The maximum atomic E-state index is 13.5. The molecule has 6 heteroatoms. The fourth-order valence-electron chi connectivity index (χ4n) is 3.13. The van der Waals surface area contributed by atoms with Crippen molar-refractivity contribution in [3.63, 3.8) is 0 Å². The molecular formula is C24H26N2O3S. The molecular weight excluding hydrogens is 396 g/mol. The van der Waals surface area contributed by atoms with Gasteiger partial charge in [-0.1, -0.05) is 60.2 Å². The lowest BCUT2D eigenvalue weighted by Crippen LogP contribution is -2.41. The van der Waals surface area contributed by atoms with Gasteiger partial charge in [-0.05, 0) is 55.7 Å². The highest BCUT2D eigenvalue weighted by molar-refractivity contribution is 7.92. The second-order valence-electron chi connectivity index (χ2n) is 7.31. The zero-order chi connectivity index (χ0) is 21.7. The van der Waals surface area contributed by atoms with Crippen molar-refractivity contribution in [2.75, 3.05) is 10.8 Å². The van der Waals surface area contributed by atoms with Crippen LogP contribution in [0.3, 0.4) is 0 Å². The van der Waals surface area contributed by atoms with Gasteiger partial charge >= 0.3 is 0 Å². The number of nitrogens with zero attached hydrogens (tertiary/aromatic N) is 1. The van der Waals surface area contributed by atoms with Crippen LogP contribution in [0.4, 0.5) is 5.69 Å². The smallest absolute Gasteiger partial charge is 0.264 e. The first-order valence-electron chi connectivity index (χ1n) is 9.75.